The van der Waals surface area contributed by atoms with Crippen LogP contribution < -0.4 is 131 Å². The summed E-state index contributed by atoms with van der Waals surface area (Å²) in [5, 5.41) is 60.5. The zero-order chi connectivity index (χ0) is 82.9. The molecule has 586 valence electrons. The molecule has 0 bridgehead atoms. The van der Waals surface area contributed by atoms with E-state index in [-0.39, 0.29) is 85.0 Å². The molecule has 14 aromatic carbocycles. The maximum Gasteiger partial charge on any atom is 0 e. The predicted molar refractivity (Wildman–Crippen MR) is 500 cm³/mol. The molecule has 0 aliphatic heterocycles. The van der Waals surface area contributed by atoms with Crippen LogP contribution in [0.3, 0.4) is 0 Å². The first-order valence-electron chi connectivity index (χ1n) is 37.9. The van der Waals surface area contributed by atoms with Crippen LogP contribution >= 0.6 is 55.9 Å². The summed E-state index contributed by atoms with van der Waals surface area (Å²) in [5.41, 5.74) is 6.31. The van der Waals surface area contributed by atoms with Gasteiger partial charge >= 0.3 is 130 Å². The average Bonchev–Trinajstić information content (AvgIpc) is 0.832. The molecule has 0 radical (unpaired) electrons. The van der Waals surface area contributed by atoms with Crippen LogP contribution in [0.15, 0.2) is 454 Å². The van der Waals surface area contributed by atoms with E-state index in [2.05, 4.69) is 395 Å². The number of aliphatic hydroxyl groups excluding tert-OH is 2. The van der Waals surface area contributed by atoms with Gasteiger partial charge in [0.05, 0.1) is 18.9 Å². The van der Waals surface area contributed by atoms with E-state index in [0.717, 1.165) is 27.0 Å². The largest absolute Gasteiger partial charge is 0.0622 e. The van der Waals surface area contributed by atoms with Crippen molar-refractivity contribution in [2.75, 3.05) is 0 Å². The van der Waals surface area contributed by atoms with Gasteiger partial charge in [-0.3, -0.25) is 4.98 Å². The maximum atomic E-state index is 9.03. The van der Waals surface area contributed by atoms with E-state index in [9.17, 15) is 0 Å². The van der Waals surface area contributed by atoms with E-state index in [1.54, 1.807) is 24.3 Å². The second kappa shape index (κ2) is 61.4. The first-order chi connectivity index (χ1) is 57.4. The number of aliphatic hydroxyl groups is 2. The maximum absolute atomic E-state index is 9.03. The van der Waals surface area contributed by atoms with E-state index in [1.165, 1.54) is 132 Å². The SMILES string of the molecule is Cc1ccc(-c2cccc(CO)c2)nc1.Cc1ccc(Br)nc1.O=[P+]([O-])O[O-].OCc1cccc(B(O)O)c1.[K+].[K][K].[Pd].c1ccc(P(c2ccccc2)c2ccccc2)cc1.c1ccc(P(c2ccccc2)c2ccccc2)cc1.c1ccc(P(c2ccccc2)c2ccccc2)cc1.c1ccc(P(c2ccccc2)c2ccccc2)cc1. The Kier molecular flexibility index (Phi) is 53.0. The number of rotatable bonds is 17. The van der Waals surface area contributed by atoms with Gasteiger partial charge in [-0.2, -0.15) is 0 Å². The molecule has 10 nitrogen and oxygen atoms in total. The molecule has 21 heteroatoms. The number of aryl methyl sites for hydroxylation is 2. The first-order valence-corrected chi connectivity index (χ1v) is 61.2. The molecule has 0 aliphatic carbocycles. The van der Waals surface area contributed by atoms with Crippen LogP contribution in [0.25, 0.3) is 11.3 Å². The van der Waals surface area contributed by atoms with E-state index >= 15 is 0 Å². The Morgan fingerprint density at radius 1 is 0.345 bits per heavy atom. The molecule has 2 heterocycles. The Bertz CT molecular complexity index is 4450. The molecular weight excluding hydrogens is 1800 g/mol. The van der Waals surface area contributed by atoms with Crippen molar-refractivity contribution in [1.29, 1.82) is 0 Å². The molecule has 4 N–H and O–H groups in total. The Balaban J connectivity index is 0.000000215. The number of pyridine rings is 2. The molecule has 16 aromatic rings. The summed E-state index contributed by atoms with van der Waals surface area (Å²) in [6.45, 7) is 4.01. The summed E-state index contributed by atoms with van der Waals surface area (Å²) in [6, 6.07) is 152. The van der Waals surface area contributed by atoms with Crippen molar-refractivity contribution in [3.8, 4) is 11.3 Å². The molecule has 1 unspecified atom stereocenters. The number of halogens is 1. The fourth-order valence-corrected chi connectivity index (χ4v) is 20.9. The predicted octanol–water partition coefficient (Wildman–Crippen LogP) is 11.9. The average molecular weight is 1890 g/mol. The van der Waals surface area contributed by atoms with Gasteiger partial charge in [-0.05, 0) is 176 Å². The minimum atomic E-state index is -3.15. The third kappa shape index (κ3) is 37.4. The standard InChI is InChI=1S/4C18H15P.C13H13NO.C7H9BO3.C6H6BrN.3K.HO4P.Pd/c4*1-4-10-16(11-5-1)19(17-12-6-2-7-13-17)18-14-8-3-9-15-18;1-10-5-6-13(14-8-10)12-4-2-3-11(7-12)9-15;9-5-6-2-1-3-7(4-6)8(10)11;1-5-2-3-6(7)8-4-5;;;;1-4-5(2)3;/h4*1-15H;2-8,15H,9H2,1H3;1-4,9-11H,5H2;2-4H,1H3;;;;1H;/q;;;;;;;;;+1;;/p-1. The minimum absolute atomic E-state index is 0. The summed E-state index contributed by atoms with van der Waals surface area (Å²) < 4.78 is 12.2. The van der Waals surface area contributed by atoms with Crippen molar-refractivity contribution in [3.05, 3.63) is 476 Å². The zero-order valence-electron chi connectivity index (χ0n) is 67.0. The molecule has 0 aliphatic rings. The van der Waals surface area contributed by atoms with Crippen LogP contribution in [-0.4, -0.2) is 101 Å². The fourth-order valence-electron chi connectivity index (χ4n) is 11.5. The fraction of sp³-hybridized carbons (Fsp3) is 0.0408. The van der Waals surface area contributed by atoms with Gasteiger partial charge in [0.15, 0.2) is 0 Å². The van der Waals surface area contributed by atoms with E-state index < -0.39 is 47.1 Å². The molecule has 119 heavy (non-hydrogen) atoms. The third-order valence-electron chi connectivity index (χ3n) is 16.9. The Hall–Kier alpha value is -4.96. The minimum Gasteiger partial charge on any atom is -0.0622 e. The molecule has 0 saturated carbocycles. The van der Waals surface area contributed by atoms with Gasteiger partial charge < -0.3 is 30.4 Å². The second-order valence-electron chi connectivity index (χ2n) is 25.2. The van der Waals surface area contributed by atoms with Gasteiger partial charge in [0.1, 0.15) is 4.60 Å². The van der Waals surface area contributed by atoms with Crippen LogP contribution in [0.2, 0.25) is 0 Å². The molecule has 0 saturated heterocycles. The number of nitrogens with zero attached hydrogens (tertiary/aromatic N) is 2. The Morgan fingerprint density at radius 3 is 0.748 bits per heavy atom. The van der Waals surface area contributed by atoms with Crippen molar-refractivity contribution in [2.24, 2.45) is 0 Å². The monoisotopic (exact) mass is 1890 g/mol. The summed E-state index contributed by atoms with van der Waals surface area (Å²) >= 11 is 5.73. The first kappa shape index (κ1) is 103. The molecule has 0 amide bonds. The van der Waals surface area contributed by atoms with Crippen LogP contribution in [0, 0.1) is 13.8 Å². The molecule has 16 rings (SSSR count). The molecule has 1 atom stereocenters. The van der Waals surface area contributed by atoms with Crippen LogP contribution in [0.1, 0.15) is 22.3 Å². The number of hydrogen-bond donors (Lipinski definition) is 4. The summed E-state index contributed by atoms with van der Waals surface area (Å²) in [7, 11) is -6.39. The van der Waals surface area contributed by atoms with E-state index in [1.807, 2.05) is 74.8 Å². The van der Waals surface area contributed by atoms with Crippen molar-refractivity contribution in [1.82, 2.24) is 9.97 Å². The van der Waals surface area contributed by atoms with Crippen molar-refractivity contribution in [2.45, 2.75) is 27.1 Å². The van der Waals surface area contributed by atoms with Gasteiger partial charge in [0, 0.05) is 38.4 Å². The normalized spacial score (nSPS) is 10.1. The van der Waals surface area contributed by atoms with Crippen LogP contribution in [-0.2, 0) is 42.9 Å². The Labute approximate surface area is 818 Å². The summed E-state index contributed by atoms with van der Waals surface area (Å²) in [5.74, 6) is 0. The Morgan fingerprint density at radius 2 is 0.563 bits per heavy atom. The van der Waals surface area contributed by atoms with Gasteiger partial charge in [-0.15, -0.1) is 0 Å². The van der Waals surface area contributed by atoms with Crippen molar-refractivity contribution >= 4 is 195 Å². The molecule has 0 spiro atoms. The smallest absolute Gasteiger partial charge is 0 e. The zero-order valence-corrected chi connectivity index (χ0v) is 83.9. The van der Waals surface area contributed by atoms with Gasteiger partial charge in [-0.1, -0.05) is 419 Å². The topological polar surface area (TPSA) is 179 Å². The van der Waals surface area contributed by atoms with Crippen molar-refractivity contribution < 1.29 is 111 Å². The number of aromatic nitrogens is 2. The van der Waals surface area contributed by atoms with E-state index in [4.69, 9.17) is 35.0 Å². The quantitative estimate of drug-likeness (QED) is 0.0225. The number of hydrogen-bond acceptors (Lipinski definition) is 10. The molecule has 2 aromatic heterocycles. The summed E-state index contributed by atoms with van der Waals surface area (Å²) in [6.07, 6.45) is 3.67. The third-order valence-corrected chi connectivity index (χ3v) is 27.2. The van der Waals surface area contributed by atoms with Gasteiger partial charge in [0.2, 0.25) is 0 Å². The van der Waals surface area contributed by atoms with Gasteiger partial charge in [-0.25, -0.2) is 9.66 Å². The van der Waals surface area contributed by atoms with Crippen molar-refractivity contribution in [3.63, 3.8) is 0 Å². The van der Waals surface area contributed by atoms with Crippen LogP contribution in [0.4, 0.5) is 0 Å². The van der Waals surface area contributed by atoms with Gasteiger partial charge in [0.25, 0.3) is 0 Å². The molecular formula is C98H88BBrK3N2O8P5Pd. The van der Waals surface area contributed by atoms with E-state index in [0.29, 0.717) is 11.0 Å². The molecule has 0 fully saturated rings. The number of benzene rings is 14. The van der Waals surface area contributed by atoms with Crippen LogP contribution in [0.5, 0.6) is 0 Å². The summed E-state index contributed by atoms with van der Waals surface area (Å²) in [4.78, 5) is 17.2. The second-order valence-corrected chi connectivity index (χ2v) is 35.5.